The van der Waals surface area contributed by atoms with Crippen LogP contribution >= 0.6 is 0 Å². The van der Waals surface area contributed by atoms with Crippen molar-refractivity contribution in [2.75, 3.05) is 13.1 Å². The smallest absolute Gasteiger partial charge is 0.257 e. The number of hydrogen-bond donors (Lipinski definition) is 1. The van der Waals surface area contributed by atoms with Gasteiger partial charge in [0.15, 0.2) is 0 Å². The fraction of sp³-hybridized carbons (Fsp3) is 0.444. The predicted molar refractivity (Wildman–Crippen MR) is 88.3 cm³/mol. The summed E-state index contributed by atoms with van der Waals surface area (Å²) in [6.07, 6.45) is 1.24. The second kappa shape index (κ2) is 6.73. The van der Waals surface area contributed by atoms with Gasteiger partial charge >= 0.3 is 0 Å². The topological polar surface area (TPSA) is 58.2 Å². The number of carbonyl (C=O) groups is 1. The van der Waals surface area contributed by atoms with Crippen LogP contribution in [-0.4, -0.2) is 40.2 Å². The second-order valence-electron chi connectivity index (χ2n) is 6.55. The van der Waals surface area contributed by atoms with Gasteiger partial charge in [-0.25, -0.2) is 4.39 Å². The number of aromatic nitrogens is 2. The lowest BCUT2D eigenvalue weighted by molar-refractivity contribution is -0.0692. The average molecular weight is 331 g/mol. The number of nitrogens with zero attached hydrogens (tertiary/aromatic N) is 2. The Kier molecular flexibility index (Phi) is 4.66. The van der Waals surface area contributed by atoms with E-state index in [2.05, 4.69) is 10.2 Å². The van der Waals surface area contributed by atoms with Crippen LogP contribution in [0, 0.1) is 5.82 Å². The molecule has 1 aliphatic heterocycles. The zero-order valence-corrected chi connectivity index (χ0v) is 14.1. The van der Waals surface area contributed by atoms with Crippen molar-refractivity contribution in [1.29, 1.82) is 0 Å². The molecule has 1 aromatic carbocycles. The molecule has 128 valence electrons. The molecular formula is C18H22FN3O2. The van der Waals surface area contributed by atoms with Gasteiger partial charge in [0, 0.05) is 6.54 Å². The van der Waals surface area contributed by atoms with Crippen LogP contribution in [0.2, 0.25) is 0 Å². The Labute approximate surface area is 140 Å². The molecule has 1 aliphatic rings. The van der Waals surface area contributed by atoms with Crippen molar-refractivity contribution >= 4 is 5.91 Å². The van der Waals surface area contributed by atoms with Crippen LogP contribution in [0.5, 0.6) is 0 Å². The number of aromatic amines is 1. The van der Waals surface area contributed by atoms with E-state index < -0.39 is 0 Å². The maximum atomic E-state index is 13.1. The summed E-state index contributed by atoms with van der Waals surface area (Å²) in [4.78, 5) is 14.7. The number of ether oxygens (including phenoxy) is 1. The van der Waals surface area contributed by atoms with Crippen molar-refractivity contribution in [3.05, 3.63) is 53.1 Å². The first kappa shape index (κ1) is 16.6. The predicted octanol–water partition coefficient (Wildman–Crippen LogP) is 3.27. The Bertz CT molecular complexity index is 711. The molecule has 1 amide bonds. The molecule has 24 heavy (non-hydrogen) atoms. The van der Waals surface area contributed by atoms with Gasteiger partial charge in [0.25, 0.3) is 5.91 Å². The first-order chi connectivity index (χ1) is 11.5. The molecule has 1 saturated heterocycles. The fourth-order valence-electron chi connectivity index (χ4n) is 3.06. The van der Waals surface area contributed by atoms with E-state index in [9.17, 15) is 9.18 Å². The van der Waals surface area contributed by atoms with E-state index in [4.69, 9.17) is 4.74 Å². The maximum Gasteiger partial charge on any atom is 0.257 e. The van der Waals surface area contributed by atoms with Gasteiger partial charge in [-0.15, -0.1) is 0 Å². The van der Waals surface area contributed by atoms with Crippen molar-refractivity contribution in [3.63, 3.8) is 0 Å². The molecule has 0 spiro atoms. The second-order valence-corrected chi connectivity index (χ2v) is 6.55. The molecule has 2 atom stereocenters. The van der Waals surface area contributed by atoms with Crippen LogP contribution < -0.4 is 0 Å². The number of amides is 1. The number of benzene rings is 1. The maximum absolute atomic E-state index is 13.1. The van der Waals surface area contributed by atoms with Crippen molar-refractivity contribution < 1.29 is 13.9 Å². The van der Waals surface area contributed by atoms with Crippen LogP contribution in [0.15, 0.2) is 30.5 Å². The number of morpholine rings is 1. The Balaban J connectivity index is 1.81. The van der Waals surface area contributed by atoms with E-state index in [1.54, 1.807) is 23.2 Å². The number of carbonyl (C=O) groups excluding carboxylic acids is 1. The zero-order chi connectivity index (χ0) is 17.3. The third-order valence-corrected chi connectivity index (χ3v) is 4.27. The highest BCUT2D eigenvalue weighted by Gasteiger charge is 2.31. The molecule has 2 heterocycles. The summed E-state index contributed by atoms with van der Waals surface area (Å²) in [5, 5.41) is 6.93. The average Bonchev–Trinajstić information content (AvgIpc) is 3.04. The summed E-state index contributed by atoms with van der Waals surface area (Å²) >= 11 is 0. The van der Waals surface area contributed by atoms with Crippen molar-refractivity contribution in [2.24, 2.45) is 0 Å². The van der Waals surface area contributed by atoms with Crippen LogP contribution in [0.1, 0.15) is 54.4 Å². The first-order valence-electron chi connectivity index (χ1n) is 8.19. The number of nitrogens with one attached hydrogen (secondary N) is 1. The van der Waals surface area contributed by atoms with Gasteiger partial charge in [-0.2, -0.15) is 5.10 Å². The van der Waals surface area contributed by atoms with Crippen LogP contribution in [-0.2, 0) is 4.74 Å². The number of H-pyrrole nitrogens is 1. The normalized spacial score (nSPS) is 21.3. The van der Waals surface area contributed by atoms with E-state index in [-0.39, 0.29) is 29.9 Å². The minimum atomic E-state index is -0.282. The molecule has 0 bridgehead atoms. The standard InChI is InChI=1S/C18H22FN3O2/c1-11(2)17-15(8-20-21-17)18(23)22-9-12(3)24-16(10-22)13-4-6-14(19)7-5-13/h4-8,11-12,16H,9-10H2,1-3H3,(H,20,21)/t12-,16-/m0/s1. The largest absolute Gasteiger partial charge is 0.367 e. The van der Waals surface area contributed by atoms with Gasteiger partial charge in [-0.05, 0) is 30.5 Å². The summed E-state index contributed by atoms with van der Waals surface area (Å²) in [5.41, 5.74) is 2.33. The Hall–Kier alpha value is -2.21. The van der Waals surface area contributed by atoms with Gasteiger partial charge in [-0.1, -0.05) is 26.0 Å². The van der Waals surface area contributed by atoms with E-state index in [0.717, 1.165) is 11.3 Å². The zero-order valence-electron chi connectivity index (χ0n) is 14.1. The Morgan fingerprint density at radius 1 is 1.33 bits per heavy atom. The van der Waals surface area contributed by atoms with Crippen molar-refractivity contribution in [1.82, 2.24) is 15.1 Å². The van der Waals surface area contributed by atoms with Gasteiger partial charge in [0.2, 0.25) is 0 Å². The van der Waals surface area contributed by atoms with Gasteiger partial charge in [0.05, 0.1) is 30.1 Å². The monoisotopic (exact) mass is 331 g/mol. The highest BCUT2D eigenvalue weighted by Crippen LogP contribution is 2.27. The molecule has 0 unspecified atom stereocenters. The van der Waals surface area contributed by atoms with Gasteiger partial charge in [-0.3, -0.25) is 9.89 Å². The highest BCUT2D eigenvalue weighted by atomic mass is 19.1. The molecule has 1 fully saturated rings. The first-order valence-corrected chi connectivity index (χ1v) is 8.19. The molecular weight excluding hydrogens is 309 g/mol. The molecule has 0 saturated carbocycles. The molecule has 5 nitrogen and oxygen atoms in total. The minimum absolute atomic E-state index is 0.0466. The van der Waals surface area contributed by atoms with Crippen molar-refractivity contribution in [3.8, 4) is 0 Å². The molecule has 3 rings (SSSR count). The van der Waals surface area contributed by atoms with Crippen LogP contribution in [0.4, 0.5) is 4.39 Å². The van der Waals surface area contributed by atoms with E-state index in [1.165, 1.54) is 12.1 Å². The minimum Gasteiger partial charge on any atom is -0.367 e. The number of hydrogen-bond acceptors (Lipinski definition) is 3. The third kappa shape index (κ3) is 3.33. The van der Waals surface area contributed by atoms with E-state index in [0.29, 0.717) is 18.7 Å². The molecule has 0 aliphatic carbocycles. The molecule has 0 radical (unpaired) electrons. The van der Waals surface area contributed by atoms with Crippen LogP contribution in [0.25, 0.3) is 0 Å². The van der Waals surface area contributed by atoms with Gasteiger partial charge in [0.1, 0.15) is 11.9 Å². The Morgan fingerprint density at radius 3 is 2.71 bits per heavy atom. The molecule has 2 aromatic rings. The SMILES string of the molecule is CC(C)c1[nH]ncc1C(=O)N1C[C@@H](c2ccc(F)cc2)O[C@@H](C)C1. The molecule has 6 heteroatoms. The number of rotatable bonds is 3. The van der Waals surface area contributed by atoms with E-state index in [1.807, 2.05) is 20.8 Å². The van der Waals surface area contributed by atoms with Crippen LogP contribution in [0.3, 0.4) is 0 Å². The quantitative estimate of drug-likeness (QED) is 0.939. The van der Waals surface area contributed by atoms with Crippen molar-refractivity contribution in [2.45, 2.75) is 38.9 Å². The lowest BCUT2D eigenvalue weighted by atomic mass is 10.0. The third-order valence-electron chi connectivity index (χ3n) is 4.27. The lowest BCUT2D eigenvalue weighted by Crippen LogP contribution is -2.46. The summed E-state index contributed by atoms with van der Waals surface area (Å²) in [5.74, 6) is -0.136. The summed E-state index contributed by atoms with van der Waals surface area (Å²) < 4.78 is 19.1. The van der Waals surface area contributed by atoms with E-state index >= 15 is 0 Å². The van der Waals surface area contributed by atoms with Gasteiger partial charge < -0.3 is 9.64 Å². The summed E-state index contributed by atoms with van der Waals surface area (Å²) in [6.45, 7) is 6.95. The molecule has 1 N–H and O–H groups in total. The highest BCUT2D eigenvalue weighted by molar-refractivity contribution is 5.95. The Morgan fingerprint density at radius 2 is 2.04 bits per heavy atom. The number of halogens is 1. The summed E-state index contributed by atoms with van der Waals surface area (Å²) in [7, 11) is 0. The molecule has 1 aromatic heterocycles. The fourth-order valence-corrected chi connectivity index (χ4v) is 3.06. The lowest BCUT2D eigenvalue weighted by Gasteiger charge is -2.37. The summed E-state index contributed by atoms with van der Waals surface area (Å²) in [6, 6.07) is 6.24.